The Bertz CT molecular complexity index is 843. The van der Waals surface area contributed by atoms with Crippen LogP contribution in [0.5, 0.6) is 5.75 Å². The van der Waals surface area contributed by atoms with Crippen molar-refractivity contribution in [3.05, 3.63) is 59.1 Å². The van der Waals surface area contributed by atoms with Crippen LogP contribution in [0.15, 0.2) is 53.4 Å². The van der Waals surface area contributed by atoms with Crippen molar-refractivity contribution in [2.24, 2.45) is 0 Å². The number of rotatable bonds is 13. The minimum Gasteiger partial charge on any atom is -0.497 e. The third-order valence-corrected chi connectivity index (χ3v) is 6.39. The lowest BCUT2D eigenvalue weighted by Gasteiger charge is -2.30. The normalized spacial score (nSPS) is 11.6. The molecule has 0 bridgehead atoms. The molecule has 0 aromatic heterocycles. The second kappa shape index (κ2) is 14.1. The minimum atomic E-state index is -0.498. The maximum atomic E-state index is 13.2. The number of carbonyl (C=O) groups is 2. The van der Waals surface area contributed by atoms with Crippen molar-refractivity contribution < 1.29 is 14.3 Å². The quantitative estimate of drug-likeness (QED) is 0.304. The summed E-state index contributed by atoms with van der Waals surface area (Å²) in [5, 5.41) is 3.68. The number of halogens is 1. The first kappa shape index (κ1) is 26.1. The standard InChI is InChI=1S/C25H33ClN2O3S/c1-4-6-16-27-25(30)23(5-2)28(18-19-7-11-21(31-3)12-8-19)24(29)15-17-32-22-13-9-20(26)10-14-22/h7-14,23H,4-6,15-18H2,1-3H3,(H,27,30)/t23-/m1/s1. The Kier molecular flexibility index (Phi) is 11.5. The van der Waals surface area contributed by atoms with Gasteiger partial charge in [-0.2, -0.15) is 0 Å². The van der Waals surface area contributed by atoms with Gasteiger partial charge >= 0.3 is 0 Å². The topological polar surface area (TPSA) is 58.6 Å². The van der Waals surface area contributed by atoms with Crippen LogP contribution in [0, 0.1) is 0 Å². The van der Waals surface area contributed by atoms with Crippen LogP contribution in [0.1, 0.15) is 45.1 Å². The van der Waals surface area contributed by atoms with Crippen molar-refractivity contribution in [3.63, 3.8) is 0 Å². The number of carbonyl (C=O) groups excluding carboxylic acids is 2. The van der Waals surface area contributed by atoms with E-state index in [0.29, 0.717) is 36.7 Å². The maximum Gasteiger partial charge on any atom is 0.242 e. The number of nitrogens with one attached hydrogen (secondary N) is 1. The summed E-state index contributed by atoms with van der Waals surface area (Å²) in [6, 6.07) is 14.7. The number of benzene rings is 2. The molecule has 2 amide bonds. The fraction of sp³-hybridized carbons (Fsp3) is 0.440. The van der Waals surface area contributed by atoms with Gasteiger partial charge < -0.3 is 15.0 Å². The van der Waals surface area contributed by atoms with Gasteiger partial charge in [-0.15, -0.1) is 11.8 Å². The molecule has 0 radical (unpaired) electrons. The van der Waals surface area contributed by atoms with Crippen molar-refractivity contribution in [2.75, 3.05) is 19.4 Å². The first-order valence-corrected chi connectivity index (χ1v) is 12.4. The SMILES string of the molecule is CCCCNC(=O)[C@@H](CC)N(Cc1ccc(OC)cc1)C(=O)CCSc1ccc(Cl)cc1. The molecule has 0 aliphatic rings. The zero-order chi connectivity index (χ0) is 23.3. The van der Waals surface area contributed by atoms with E-state index >= 15 is 0 Å². The number of thioether (sulfide) groups is 1. The third-order valence-electron chi connectivity index (χ3n) is 5.13. The molecule has 32 heavy (non-hydrogen) atoms. The number of unbranched alkanes of at least 4 members (excludes halogenated alkanes) is 1. The molecule has 1 atom stereocenters. The summed E-state index contributed by atoms with van der Waals surface area (Å²) in [6.07, 6.45) is 2.84. The average Bonchev–Trinajstić information content (AvgIpc) is 2.80. The van der Waals surface area contributed by atoms with Crippen LogP contribution in [0.2, 0.25) is 5.02 Å². The zero-order valence-electron chi connectivity index (χ0n) is 19.1. The van der Waals surface area contributed by atoms with Crippen LogP contribution in [0.25, 0.3) is 0 Å². The molecule has 0 saturated carbocycles. The molecule has 0 unspecified atom stereocenters. The number of hydrogen-bond acceptors (Lipinski definition) is 4. The van der Waals surface area contributed by atoms with E-state index in [4.69, 9.17) is 16.3 Å². The Morgan fingerprint density at radius 3 is 2.38 bits per heavy atom. The molecule has 5 nitrogen and oxygen atoms in total. The number of nitrogens with zero attached hydrogens (tertiary/aromatic N) is 1. The van der Waals surface area contributed by atoms with E-state index in [1.165, 1.54) is 0 Å². The molecule has 174 valence electrons. The lowest BCUT2D eigenvalue weighted by molar-refractivity contribution is -0.141. The maximum absolute atomic E-state index is 13.2. The molecular formula is C25H33ClN2O3S. The Labute approximate surface area is 200 Å². The largest absolute Gasteiger partial charge is 0.497 e. The summed E-state index contributed by atoms with van der Waals surface area (Å²) >= 11 is 7.55. The molecule has 0 fully saturated rings. The highest BCUT2D eigenvalue weighted by Gasteiger charge is 2.28. The fourth-order valence-corrected chi connectivity index (χ4v) is 4.25. The molecule has 2 rings (SSSR count). The second-order valence-corrected chi connectivity index (χ2v) is 9.10. The second-order valence-electron chi connectivity index (χ2n) is 7.49. The van der Waals surface area contributed by atoms with Crippen molar-refractivity contribution >= 4 is 35.2 Å². The number of methoxy groups -OCH3 is 1. The van der Waals surface area contributed by atoms with E-state index in [-0.39, 0.29) is 11.8 Å². The third kappa shape index (κ3) is 8.40. The summed E-state index contributed by atoms with van der Waals surface area (Å²) in [4.78, 5) is 28.9. The molecule has 7 heteroatoms. The Hall–Kier alpha value is -2.18. The van der Waals surface area contributed by atoms with Crippen LogP contribution in [-0.4, -0.2) is 42.2 Å². The van der Waals surface area contributed by atoms with E-state index in [1.807, 2.05) is 55.5 Å². The predicted molar refractivity (Wildman–Crippen MR) is 132 cm³/mol. The zero-order valence-corrected chi connectivity index (χ0v) is 20.7. The highest BCUT2D eigenvalue weighted by Crippen LogP contribution is 2.22. The molecule has 2 aromatic rings. The van der Waals surface area contributed by atoms with Gasteiger partial charge in [-0.25, -0.2) is 0 Å². The van der Waals surface area contributed by atoms with Gasteiger partial charge in [0, 0.05) is 35.2 Å². The highest BCUT2D eigenvalue weighted by molar-refractivity contribution is 7.99. The summed E-state index contributed by atoms with van der Waals surface area (Å²) in [5.41, 5.74) is 0.962. The number of hydrogen-bond donors (Lipinski definition) is 1. The minimum absolute atomic E-state index is 0.0280. The number of ether oxygens (including phenoxy) is 1. The van der Waals surface area contributed by atoms with Crippen LogP contribution >= 0.6 is 23.4 Å². The van der Waals surface area contributed by atoms with Gasteiger partial charge in [0.05, 0.1) is 7.11 Å². The van der Waals surface area contributed by atoms with Gasteiger partial charge in [0.1, 0.15) is 11.8 Å². The highest BCUT2D eigenvalue weighted by atomic mass is 35.5. The van der Waals surface area contributed by atoms with E-state index in [9.17, 15) is 9.59 Å². The van der Waals surface area contributed by atoms with Gasteiger partial charge in [-0.3, -0.25) is 9.59 Å². The Balaban J connectivity index is 2.09. The molecule has 0 spiro atoms. The van der Waals surface area contributed by atoms with Crippen molar-refractivity contribution in [1.82, 2.24) is 10.2 Å². The summed E-state index contributed by atoms with van der Waals surface area (Å²) in [7, 11) is 1.62. The lowest BCUT2D eigenvalue weighted by Crippen LogP contribution is -2.49. The Morgan fingerprint density at radius 2 is 1.78 bits per heavy atom. The van der Waals surface area contributed by atoms with Crippen molar-refractivity contribution in [1.29, 1.82) is 0 Å². The molecular weight excluding hydrogens is 444 g/mol. The van der Waals surface area contributed by atoms with Gasteiger partial charge in [-0.05, 0) is 54.8 Å². The van der Waals surface area contributed by atoms with Crippen molar-refractivity contribution in [2.45, 2.75) is 57.0 Å². The molecule has 0 saturated heterocycles. The van der Waals surface area contributed by atoms with E-state index in [1.54, 1.807) is 23.8 Å². The van der Waals surface area contributed by atoms with Crippen LogP contribution in [0.3, 0.4) is 0 Å². The summed E-state index contributed by atoms with van der Waals surface area (Å²) < 4.78 is 5.23. The van der Waals surface area contributed by atoms with Gasteiger partial charge in [0.25, 0.3) is 0 Å². The van der Waals surface area contributed by atoms with Crippen LogP contribution in [0.4, 0.5) is 0 Å². The van der Waals surface area contributed by atoms with Gasteiger partial charge in [-0.1, -0.05) is 44.0 Å². The van der Waals surface area contributed by atoms with Gasteiger partial charge in [0.2, 0.25) is 11.8 Å². The number of amides is 2. The first-order valence-electron chi connectivity index (χ1n) is 11.1. The average molecular weight is 477 g/mol. The molecule has 2 aromatic carbocycles. The lowest BCUT2D eigenvalue weighted by atomic mass is 10.1. The van der Waals surface area contributed by atoms with Gasteiger partial charge in [0.15, 0.2) is 0 Å². The van der Waals surface area contributed by atoms with Crippen molar-refractivity contribution in [3.8, 4) is 5.75 Å². The first-order chi connectivity index (χ1) is 15.5. The predicted octanol–water partition coefficient (Wildman–Crippen LogP) is 5.55. The van der Waals surface area contributed by atoms with E-state index < -0.39 is 6.04 Å². The van der Waals surface area contributed by atoms with E-state index in [0.717, 1.165) is 29.1 Å². The molecule has 0 heterocycles. The monoisotopic (exact) mass is 476 g/mol. The Morgan fingerprint density at radius 1 is 1.09 bits per heavy atom. The van der Waals surface area contributed by atoms with E-state index in [2.05, 4.69) is 12.2 Å². The molecule has 1 N–H and O–H groups in total. The smallest absolute Gasteiger partial charge is 0.242 e. The van der Waals surface area contributed by atoms with Crippen LogP contribution in [-0.2, 0) is 16.1 Å². The summed E-state index contributed by atoms with van der Waals surface area (Å²) in [6.45, 7) is 5.04. The van der Waals surface area contributed by atoms with Crippen LogP contribution < -0.4 is 10.1 Å². The molecule has 0 aliphatic carbocycles. The molecule has 0 aliphatic heterocycles. The summed E-state index contributed by atoms with van der Waals surface area (Å²) in [5.74, 6) is 1.27. The fourth-order valence-electron chi connectivity index (χ4n) is 3.28.